The van der Waals surface area contributed by atoms with Crippen molar-refractivity contribution < 1.29 is 9.36 Å². The molecule has 0 saturated heterocycles. The first-order chi connectivity index (χ1) is 11.9. The molecule has 1 aromatic heterocycles. The van der Waals surface area contributed by atoms with Crippen LogP contribution in [0.1, 0.15) is 21.5 Å². The number of ketones is 1. The summed E-state index contributed by atoms with van der Waals surface area (Å²) in [7, 11) is -1.32. The van der Waals surface area contributed by atoms with Crippen molar-refractivity contribution in [3.63, 3.8) is 0 Å². The average Bonchev–Trinajstić information content (AvgIpc) is 2.98. The number of hydrogen-bond acceptors (Lipinski definition) is 1. The highest BCUT2D eigenvalue weighted by atomic mass is 28.3. The Labute approximate surface area is 149 Å². The van der Waals surface area contributed by atoms with Gasteiger partial charge in [-0.2, -0.15) is 4.57 Å². The van der Waals surface area contributed by atoms with Gasteiger partial charge in [0.25, 0.3) is 0 Å². The minimum absolute atomic E-state index is 0.0784. The predicted octanol–water partition coefficient (Wildman–Crippen LogP) is 3.78. The van der Waals surface area contributed by atoms with Crippen molar-refractivity contribution in [2.75, 3.05) is 0 Å². The molecule has 0 saturated carbocycles. The van der Waals surface area contributed by atoms with E-state index in [1.54, 1.807) is 0 Å². The Morgan fingerprint density at radius 1 is 0.920 bits per heavy atom. The van der Waals surface area contributed by atoms with Gasteiger partial charge < -0.3 is 0 Å². The van der Waals surface area contributed by atoms with Crippen LogP contribution in [0.5, 0.6) is 0 Å². The Bertz CT molecular complexity index is 971. The lowest BCUT2D eigenvalue weighted by molar-refractivity contribution is -0.672. The van der Waals surface area contributed by atoms with Gasteiger partial charge >= 0.3 is 0 Å². The number of rotatable bonds is 3. The van der Waals surface area contributed by atoms with Crippen molar-refractivity contribution in [2.45, 2.75) is 26.2 Å². The first kappa shape index (κ1) is 16.0. The smallest absolute Gasteiger partial charge is 0.213 e. The summed E-state index contributed by atoms with van der Waals surface area (Å²) in [5, 5.41) is 1.49. The summed E-state index contributed by atoms with van der Waals surface area (Å²) >= 11 is 0. The fourth-order valence-corrected chi connectivity index (χ4v) is 4.63. The summed E-state index contributed by atoms with van der Waals surface area (Å²) < 4.78 is 2.20. The van der Waals surface area contributed by atoms with Gasteiger partial charge in [0.2, 0.25) is 5.69 Å². The second kappa shape index (κ2) is 5.78. The van der Waals surface area contributed by atoms with Gasteiger partial charge in [-0.25, -0.2) is 0 Å². The van der Waals surface area contributed by atoms with Crippen molar-refractivity contribution in [1.29, 1.82) is 0 Å². The van der Waals surface area contributed by atoms with Crippen LogP contribution in [-0.2, 0) is 6.54 Å². The Morgan fingerprint density at radius 2 is 1.68 bits per heavy atom. The van der Waals surface area contributed by atoms with Crippen LogP contribution < -0.4 is 9.75 Å². The number of aromatic nitrogens is 1. The van der Waals surface area contributed by atoms with E-state index in [4.69, 9.17) is 0 Å². The predicted molar refractivity (Wildman–Crippen MR) is 104 cm³/mol. The molecule has 124 valence electrons. The Hall–Kier alpha value is -2.52. The summed E-state index contributed by atoms with van der Waals surface area (Å²) in [6.07, 6.45) is 2.00. The third-order valence-corrected chi connectivity index (χ3v) is 6.95. The maximum absolute atomic E-state index is 12.7. The third-order valence-electron chi connectivity index (χ3n) is 4.91. The van der Waals surface area contributed by atoms with Gasteiger partial charge in [-0.15, -0.1) is 0 Å². The first-order valence-corrected chi connectivity index (χ1v) is 12.2. The molecule has 0 radical (unpaired) electrons. The Morgan fingerprint density at radius 3 is 2.40 bits per heavy atom. The molecule has 4 rings (SSSR count). The van der Waals surface area contributed by atoms with Crippen molar-refractivity contribution in [1.82, 2.24) is 0 Å². The van der Waals surface area contributed by atoms with Crippen molar-refractivity contribution in [3.8, 4) is 11.3 Å². The van der Waals surface area contributed by atoms with E-state index in [-0.39, 0.29) is 5.78 Å². The number of fused-ring (bicyclic) bond motifs is 3. The molecule has 3 aromatic rings. The molecule has 0 amide bonds. The molecule has 25 heavy (non-hydrogen) atoms. The van der Waals surface area contributed by atoms with E-state index in [2.05, 4.69) is 48.5 Å². The number of pyridine rings is 1. The van der Waals surface area contributed by atoms with E-state index in [9.17, 15) is 4.79 Å². The van der Waals surface area contributed by atoms with Crippen molar-refractivity contribution in [3.05, 3.63) is 83.6 Å². The van der Waals surface area contributed by atoms with Gasteiger partial charge in [-0.05, 0) is 12.1 Å². The lowest BCUT2D eigenvalue weighted by Crippen LogP contribution is -2.38. The minimum Gasteiger partial charge on any atom is -0.288 e. The summed E-state index contributed by atoms with van der Waals surface area (Å²) in [5.74, 6) is 0.0784. The van der Waals surface area contributed by atoms with Crippen molar-refractivity contribution >= 4 is 19.0 Å². The largest absolute Gasteiger partial charge is 0.288 e. The van der Waals surface area contributed by atoms with Crippen LogP contribution in [0.3, 0.4) is 0 Å². The molecule has 0 aliphatic carbocycles. The Kier molecular flexibility index (Phi) is 3.69. The zero-order valence-corrected chi connectivity index (χ0v) is 15.9. The highest BCUT2D eigenvalue weighted by Gasteiger charge is 2.29. The molecule has 3 heteroatoms. The monoisotopic (exact) mass is 344 g/mol. The van der Waals surface area contributed by atoms with E-state index in [1.165, 1.54) is 22.0 Å². The van der Waals surface area contributed by atoms with Gasteiger partial charge in [0.15, 0.2) is 18.5 Å². The molecule has 1 aliphatic heterocycles. The van der Waals surface area contributed by atoms with Gasteiger partial charge in [0, 0.05) is 17.2 Å². The number of nitrogens with zero attached hydrogens (tertiary/aromatic N) is 1. The van der Waals surface area contributed by atoms with Crippen molar-refractivity contribution in [2.24, 2.45) is 0 Å². The second-order valence-corrected chi connectivity index (χ2v) is 12.8. The average molecular weight is 345 g/mol. The molecular formula is C22H22NOSi+. The van der Waals surface area contributed by atoms with E-state index in [0.717, 1.165) is 17.7 Å². The number of hydrogen-bond donors (Lipinski definition) is 0. The molecular weight excluding hydrogens is 322 g/mol. The highest BCUT2D eigenvalue weighted by molar-refractivity contribution is 6.88. The number of carbonyl (C=O) groups is 1. The molecule has 1 aliphatic rings. The lowest BCUT2D eigenvalue weighted by atomic mass is 10.0. The summed E-state index contributed by atoms with van der Waals surface area (Å²) in [6, 6.07) is 20.4. The first-order valence-electron chi connectivity index (χ1n) is 8.70. The fraction of sp³-hybridized carbons (Fsp3) is 0.182. The minimum atomic E-state index is -1.32. The van der Waals surface area contributed by atoms with Crippen LogP contribution in [0.4, 0.5) is 0 Å². The van der Waals surface area contributed by atoms with Gasteiger partial charge in [-0.1, -0.05) is 67.3 Å². The standard InChI is InChI=1S/C22H22NOSi/c1-25(2,3)19-10-11-20-18(13-19)15-23-14-17(9-12-21(20)23)22(24)16-7-5-4-6-8-16/h4-14H,15H2,1-3H3/q+1. The summed E-state index contributed by atoms with van der Waals surface area (Å²) in [6.45, 7) is 7.97. The molecule has 2 aromatic carbocycles. The quantitative estimate of drug-likeness (QED) is 0.315. The van der Waals surface area contributed by atoms with Crippen LogP contribution in [0, 0.1) is 0 Å². The summed E-state index contributed by atoms with van der Waals surface area (Å²) in [5.41, 5.74) is 5.33. The highest BCUT2D eigenvalue weighted by Crippen LogP contribution is 2.26. The number of carbonyl (C=O) groups excluding carboxylic acids is 1. The van der Waals surface area contributed by atoms with Gasteiger partial charge in [-0.3, -0.25) is 4.79 Å². The van der Waals surface area contributed by atoms with Crippen LogP contribution in [-0.4, -0.2) is 13.9 Å². The van der Waals surface area contributed by atoms with Gasteiger partial charge in [0.05, 0.1) is 19.2 Å². The normalized spacial score (nSPS) is 12.6. The van der Waals surface area contributed by atoms with Crippen LogP contribution >= 0.6 is 0 Å². The van der Waals surface area contributed by atoms with E-state index in [0.29, 0.717) is 0 Å². The molecule has 0 unspecified atom stereocenters. The summed E-state index contributed by atoms with van der Waals surface area (Å²) in [4.78, 5) is 12.7. The maximum Gasteiger partial charge on any atom is 0.213 e. The molecule has 2 nitrogen and oxygen atoms in total. The molecule has 0 atom stereocenters. The molecule has 0 fully saturated rings. The topological polar surface area (TPSA) is 20.9 Å². The zero-order valence-electron chi connectivity index (χ0n) is 14.9. The van der Waals surface area contributed by atoms with Crippen LogP contribution in [0.2, 0.25) is 19.6 Å². The molecule has 2 heterocycles. The van der Waals surface area contributed by atoms with E-state index >= 15 is 0 Å². The molecule has 0 spiro atoms. The van der Waals surface area contributed by atoms with Crippen LogP contribution in [0.15, 0.2) is 66.9 Å². The van der Waals surface area contributed by atoms with E-state index < -0.39 is 8.07 Å². The number of benzene rings is 2. The zero-order chi connectivity index (χ0) is 17.6. The molecule has 0 bridgehead atoms. The van der Waals surface area contributed by atoms with Gasteiger partial charge in [0.1, 0.15) is 0 Å². The third kappa shape index (κ3) is 2.85. The maximum atomic E-state index is 12.7. The Balaban J connectivity index is 1.71. The van der Waals surface area contributed by atoms with E-state index in [1.807, 2.05) is 42.6 Å². The second-order valence-electron chi connectivity index (χ2n) is 7.75. The molecule has 0 N–H and O–H groups in total. The van der Waals surface area contributed by atoms with Crippen LogP contribution in [0.25, 0.3) is 11.3 Å². The fourth-order valence-electron chi connectivity index (χ4n) is 3.44. The lowest BCUT2D eigenvalue weighted by Gasteiger charge is -2.16. The SMILES string of the molecule is C[Si](C)(C)c1ccc2c(c1)C[n+]1cc(C(=O)c3ccccc3)ccc1-2.